The molecule has 1 aromatic heterocycles. The van der Waals surface area contributed by atoms with E-state index in [1.807, 2.05) is 6.07 Å². The standard InChI is InChI=1S/C13H9ClN3O.BrH/c14-12-3-1-11(2-4-12)13(18)8-17-7-10(5-15)6-16-9-17;/h1-4,6-7,9H,8H2;1H/q+1;/p-1. The van der Waals surface area contributed by atoms with Crippen LogP contribution in [0.4, 0.5) is 0 Å². The number of Topliss-reactive ketones (excluding diaryl/α,β-unsaturated/α-hetero) is 1. The Bertz CT molecular complexity index is 623. The van der Waals surface area contributed by atoms with Crippen LogP contribution in [0.5, 0.6) is 0 Å². The normalized spacial score (nSPS) is 9.26. The molecule has 0 aliphatic rings. The Balaban J connectivity index is 0.00000180. The highest BCUT2D eigenvalue weighted by atomic mass is 79.9. The summed E-state index contributed by atoms with van der Waals surface area (Å²) in [4.78, 5) is 15.8. The Morgan fingerprint density at radius 2 is 2.05 bits per heavy atom. The van der Waals surface area contributed by atoms with Crippen molar-refractivity contribution in [3.63, 3.8) is 0 Å². The van der Waals surface area contributed by atoms with Crippen LogP contribution in [0.25, 0.3) is 0 Å². The molecule has 0 saturated carbocycles. The van der Waals surface area contributed by atoms with Crippen LogP contribution in [0.2, 0.25) is 5.02 Å². The first kappa shape index (κ1) is 15.3. The van der Waals surface area contributed by atoms with Crippen LogP contribution in [0.3, 0.4) is 0 Å². The molecule has 0 amide bonds. The van der Waals surface area contributed by atoms with E-state index < -0.39 is 0 Å². The van der Waals surface area contributed by atoms with E-state index in [4.69, 9.17) is 16.9 Å². The van der Waals surface area contributed by atoms with Crippen molar-refractivity contribution in [2.45, 2.75) is 6.54 Å². The Hall–Kier alpha value is -1.77. The molecular formula is C13H9BrClN3O. The molecular weight excluding hydrogens is 330 g/mol. The average Bonchev–Trinajstić information content (AvgIpc) is 2.39. The Morgan fingerprint density at radius 3 is 2.68 bits per heavy atom. The first-order valence-corrected chi connectivity index (χ1v) is 5.60. The van der Waals surface area contributed by atoms with Crippen LogP contribution in [-0.4, -0.2) is 10.8 Å². The van der Waals surface area contributed by atoms with Gasteiger partial charge in [-0.2, -0.15) is 5.26 Å². The van der Waals surface area contributed by atoms with Crippen molar-refractivity contribution in [2.24, 2.45) is 0 Å². The summed E-state index contributed by atoms with van der Waals surface area (Å²) < 4.78 is 1.58. The molecule has 0 N–H and O–H groups in total. The molecule has 0 radical (unpaired) electrons. The number of carbonyl (C=O) groups excluding carboxylic acids is 1. The average molecular weight is 339 g/mol. The number of benzene rings is 1. The first-order valence-electron chi connectivity index (χ1n) is 5.22. The van der Waals surface area contributed by atoms with Crippen molar-refractivity contribution < 1.29 is 26.3 Å². The highest BCUT2D eigenvalue weighted by molar-refractivity contribution is 6.30. The molecule has 0 spiro atoms. The Labute approximate surface area is 126 Å². The number of hydrogen-bond donors (Lipinski definition) is 0. The summed E-state index contributed by atoms with van der Waals surface area (Å²) >= 11 is 5.75. The van der Waals surface area contributed by atoms with E-state index in [1.165, 1.54) is 12.5 Å². The van der Waals surface area contributed by atoms with Crippen molar-refractivity contribution in [3.05, 3.63) is 59.1 Å². The van der Waals surface area contributed by atoms with Gasteiger partial charge in [0.25, 0.3) is 6.33 Å². The third kappa shape index (κ3) is 4.12. The van der Waals surface area contributed by atoms with Gasteiger partial charge < -0.3 is 17.0 Å². The fourth-order valence-corrected chi connectivity index (χ4v) is 1.61. The van der Waals surface area contributed by atoms with Gasteiger partial charge in [-0.05, 0) is 24.3 Å². The highest BCUT2D eigenvalue weighted by Gasteiger charge is 2.10. The van der Waals surface area contributed by atoms with Crippen LogP contribution < -0.4 is 21.5 Å². The van der Waals surface area contributed by atoms with Crippen LogP contribution in [0, 0.1) is 11.3 Å². The lowest BCUT2D eigenvalue weighted by atomic mass is 10.1. The Kier molecular flexibility index (Phi) is 5.61. The molecule has 0 unspecified atom stereocenters. The van der Waals surface area contributed by atoms with Gasteiger partial charge in [0.2, 0.25) is 5.78 Å². The van der Waals surface area contributed by atoms with Gasteiger partial charge in [0.15, 0.2) is 12.7 Å². The number of ketones is 1. The van der Waals surface area contributed by atoms with Gasteiger partial charge in [0.05, 0.1) is 0 Å². The summed E-state index contributed by atoms with van der Waals surface area (Å²) in [5, 5.41) is 9.33. The number of hydrogen-bond acceptors (Lipinski definition) is 3. The lowest BCUT2D eigenvalue weighted by molar-refractivity contribution is -0.686. The van der Waals surface area contributed by atoms with Gasteiger partial charge in [-0.25, -0.2) is 4.57 Å². The second kappa shape index (κ2) is 6.98. The van der Waals surface area contributed by atoms with E-state index in [9.17, 15) is 4.79 Å². The largest absolute Gasteiger partial charge is 1.00 e. The van der Waals surface area contributed by atoms with Crippen molar-refractivity contribution in [3.8, 4) is 6.07 Å². The fourth-order valence-electron chi connectivity index (χ4n) is 1.48. The quantitative estimate of drug-likeness (QED) is 0.521. The number of nitriles is 1. The van der Waals surface area contributed by atoms with Crippen molar-refractivity contribution >= 4 is 17.4 Å². The van der Waals surface area contributed by atoms with Gasteiger partial charge in [-0.15, -0.1) is 0 Å². The summed E-state index contributed by atoms with van der Waals surface area (Å²) in [5.74, 6) is -0.0615. The van der Waals surface area contributed by atoms with Crippen LogP contribution >= 0.6 is 11.6 Å². The van der Waals surface area contributed by atoms with Gasteiger partial charge in [-0.3, -0.25) is 4.79 Å². The summed E-state index contributed by atoms with van der Waals surface area (Å²) in [6.45, 7) is 0.143. The van der Waals surface area contributed by atoms with E-state index in [0.29, 0.717) is 16.1 Å². The molecule has 0 atom stereocenters. The van der Waals surface area contributed by atoms with Gasteiger partial charge in [-0.1, -0.05) is 16.6 Å². The maximum atomic E-state index is 12.0. The lowest BCUT2D eigenvalue weighted by Gasteiger charge is -2.00. The van der Waals surface area contributed by atoms with Crippen LogP contribution in [-0.2, 0) is 6.54 Å². The summed E-state index contributed by atoms with van der Waals surface area (Å²) in [6, 6.07) is 8.66. The van der Waals surface area contributed by atoms with Crippen LogP contribution in [0.1, 0.15) is 15.9 Å². The number of halogens is 2. The SMILES string of the molecule is N#Cc1cnc[n+](CC(=O)c2ccc(Cl)cc2)c1.[Br-]. The number of rotatable bonds is 3. The van der Waals surface area contributed by atoms with Crippen LogP contribution in [0.15, 0.2) is 43.0 Å². The number of aromatic nitrogens is 2. The second-order valence-corrected chi connectivity index (χ2v) is 4.13. The predicted molar refractivity (Wildman–Crippen MR) is 64.9 cm³/mol. The third-order valence-electron chi connectivity index (χ3n) is 2.35. The minimum Gasteiger partial charge on any atom is -1.00 e. The van der Waals surface area contributed by atoms with E-state index in [2.05, 4.69) is 4.98 Å². The molecule has 4 nitrogen and oxygen atoms in total. The van der Waals surface area contributed by atoms with Gasteiger partial charge in [0.1, 0.15) is 17.8 Å². The van der Waals surface area contributed by atoms with Gasteiger partial charge >= 0.3 is 0 Å². The topological polar surface area (TPSA) is 57.6 Å². The molecule has 1 aromatic carbocycles. The summed E-state index contributed by atoms with van der Waals surface area (Å²) in [7, 11) is 0. The zero-order valence-electron chi connectivity index (χ0n) is 9.75. The second-order valence-electron chi connectivity index (χ2n) is 3.69. The molecule has 96 valence electrons. The minimum absolute atomic E-state index is 0. The number of nitrogens with zero attached hydrogens (tertiary/aromatic N) is 3. The molecule has 0 bridgehead atoms. The molecule has 19 heavy (non-hydrogen) atoms. The van der Waals surface area contributed by atoms with Gasteiger partial charge in [0, 0.05) is 10.6 Å². The molecule has 2 aromatic rings. The van der Waals surface area contributed by atoms with E-state index in [0.717, 1.165) is 0 Å². The maximum Gasteiger partial charge on any atom is 0.286 e. The number of carbonyl (C=O) groups is 1. The predicted octanol–water partition coefficient (Wildman–Crippen LogP) is -1.22. The Morgan fingerprint density at radius 1 is 1.37 bits per heavy atom. The molecule has 0 aliphatic heterocycles. The first-order chi connectivity index (χ1) is 8.69. The van der Waals surface area contributed by atoms with E-state index in [1.54, 1.807) is 35.0 Å². The maximum absolute atomic E-state index is 12.0. The molecule has 0 saturated heterocycles. The molecule has 0 aliphatic carbocycles. The third-order valence-corrected chi connectivity index (χ3v) is 2.61. The van der Waals surface area contributed by atoms with E-state index >= 15 is 0 Å². The molecule has 2 rings (SSSR count). The summed E-state index contributed by atoms with van der Waals surface area (Å²) in [6.07, 6.45) is 4.54. The zero-order valence-corrected chi connectivity index (χ0v) is 12.1. The lowest BCUT2D eigenvalue weighted by Crippen LogP contribution is -3.00. The van der Waals surface area contributed by atoms with Crippen molar-refractivity contribution in [1.82, 2.24) is 4.98 Å². The molecule has 0 fully saturated rings. The zero-order chi connectivity index (χ0) is 13.0. The molecule has 6 heteroatoms. The van der Waals surface area contributed by atoms with E-state index in [-0.39, 0.29) is 29.3 Å². The molecule has 1 heterocycles. The monoisotopic (exact) mass is 337 g/mol. The fraction of sp³-hybridized carbons (Fsp3) is 0.0769. The minimum atomic E-state index is -0.0615. The summed E-state index contributed by atoms with van der Waals surface area (Å²) in [5.41, 5.74) is 0.996. The smallest absolute Gasteiger partial charge is 0.286 e. The van der Waals surface area contributed by atoms with Crippen molar-refractivity contribution in [2.75, 3.05) is 0 Å². The highest BCUT2D eigenvalue weighted by Crippen LogP contribution is 2.09. The van der Waals surface area contributed by atoms with Crippen molar-refractivity contribution in [1.29, 1.82) is 5.26 Å².